The second-order valence-electron chi connectivity index (χ2n) is 3.84. The molecule has 0 aromatic heterocycles. The van der Waals surface area contributed by atoms with Gasteiger partial charge >= 0.3 is 0 Å². The van der Waals surface area contributed by atoms with Gasteiger partial charge in [0.1, 0.15) is 11.9 Å². The van der Waals surface area contributed by atoms with Gasteiger partial charge < -0.3 is 9.64 Å². The molecule has 1 aromatic carbocycles. The van der Waals surface area contributed by atoms with E-state index < -0.39 is 0 Å². The summed E-state index contributed by atoms with van der Waals surface area (Å²) >= 11 is 0. The summed E-state index contributed by atoms with van der Waals surface area (Å²) in [5.41, 5.74) is 1.10. The van der Waals surface area contributed by atoms with Crippen LogP contribution in [0.4, 0.5) is 5.69 Å². The Morgan fingerprint density at radius 1 is 1.47 bits per heavy atom. The SMILES string of the molecule is CC1C(CC#N)Oc2ccccc2N1C. The molecule has 0 saturated carbocycles. The molecular weight excluding hydrogens is 188 g/mol. The van der Waals surface area contributed by atoms with E-state index in [4.69, 9.17) is 10.00 Å². The van der Waals surface area contributed by atoms with Crippen LogP contribution in [0, 0.1) is 11.3 Å². The zero-order valence-corrected chi connectivity index (χ0v) is 8.97. The van der Waals surface area contributed by atoms with Crippen molar-refractivity contribution in [1.29, 1.82) is 5.26 Å². The summed E-state index contributed by atoms with van der Waals surface area (Å²) in [4.78, 5) is 2.17. The highest BCUT2D eigenvalue weighted by atomic mass is 16.5. The number of ether oxygens (including phenoxy) is 1. The number of likely N-dealkylation sites (N-methyl/N-ethyl adjacent to an activating group) is 1. The number of benzene rings is 1. The van der Waals surface area contributed by atoms with Crippen LogP contribution < -0.4 is 9.64 Å². The molecule has 3 nitrogen and oxygen atoms in total. The number of hydrogen-bond acceptors (Lipinski definition) is 3. The standard InChI is InChI=1S/C12H14N2O/c1-9-11(7-8-13)15-12-6-4-3-5-10(12)14(9)2/h3-6,9,11H,7H2,1-2H3. The molecule has 15 heavy (non-hydrogen) atoms. The van der Waals surface area contributed by atoms with E-state index in [-0.39, 0.29) is 12.1 Å². The van der Waals surface area contributed by atoms with Gasteiger partial charge in [-0.05, 0) is 19.1 Å². The molecule has 2 unspecified atom stereocenters. The van der Waals surface area contributed by atoms with Gasteiger partial charge in [-0.15, -0.1) is 0 Å². The topological polar surface area (TPSA) is 36.3 Å². The number of para-hydroxylation sites is 2. The first-order valence-electron chi connectivity index (χ1n) is 5.09. The van der Waals surface area contributed by atoms with Gasteiger partial charge in [-0.3, -0.25) is 0 Å². The first-order valence-corrected chi connectivity index (χ1v) is 5.09. The van der Waals surface area contributed by atoms with E-state index >= 15 is 0 Å². The maximum absolute atomic E-state index is 8.72. The van der Waals surface area contributed by atoms with Gasteiger partial charge in [-0.25, -0.2) is 0 Å². The second-order valence-corrected chi connectivity index (χ2v) is 3.84. The van der Waals surface area contributed by atoms with E-state index in [1.807, 2.05) is 31.3 Å². The number of hydrogen-bond donors (Lipinski definition) is 0. The molecule has 0 N–H and O–H groups in total. The zero-order valence-electron chi connectivity index (χ0n) is 8.97. The van der Waals surface area contributed by atoms with Crippen LogP contribution in [0.1, 0.15) is 13.3 Å². The molecule has 0 bridgehead atoms. The molecule has 2 atom stereocenters. The summed E-state index contributed by atoms with van der Waals surface area (Å²) < 4.78 is 5.79. The largest absolute Gasteiger partial charge is 0.485 e. The van der Waals surface area contributed by atoms with E-state index in [1.54, 1.807) is 0 Å². The highest BCUT2D eigenvalue weighted by Crippen LogP contribution is 2.35. The first kappa shape index (κ1) is 9.85. The van der Waals surface area contributed by atoms with Crippen molar-refractivity contribution in [3.63, 3.8) is 0 Å². The fraction of sp³-hybridized carbons (Fsp3) is 0.417. The average molecular weight is 202 g/mol. The van der Waals surface area contributed by atoms with Gasteiger partial charge in [0.05, 0.1) is 24.2 Å². The molecule has 2 rings (SSSR count). The Labute approximate surface area is 89.9 Å². The van der Waals surface area contributed by atoms with Gasteiger partial charge in [0.15, 0.2) is 0 Å². The summed E-state index contributed by atoms with van der Waals surface area (Å²) in [6.07, 6.45) is 0.398. The third-order valence-corrected chi connectivity index (χ3v) is 2.97. The molecule has 0 saturated heterocycles. The third-order valence-electron chi connectivity index (χ3n) is 2.97. The summed E-state index contributed by atoms with van der Waals surface area (Å²) in [7, 11) is 2.04. The van der Waals surface area contributed by atoms with Crippen LogP contribution in [0.3, 0.4) is 0 Å². The van der Waals surface area contributed by atoms with Crippen molar-refractivity contribution in [1.82, 2.24) is 0 Å². The van der Waals surface area contributed by atoms with Crippen molar-refractivity contribution in [2.75, 3.05) is 11.9 Å². The predicted octanol–water partition coefficient (Wildman–Crippen LogP) is 2.19. The van der Waals surface area contributed by atoms with E-state index in [1.165, 1.54) is 0 Å². The van der Waals surface area contributed by atoms with Gasteiger partial charge in [0, 0.05) is 7.05 Å². The van der Waals surface area contributed by atoms with Crippen molar-refractivity contribution < 1.29 is 4.74 Å². The first-order chi connectivity index (χ1) is 7.24. The highest BCUT2D eigenvalue weighted by Gasteiger charge is 2.29. The molecule has 0 spiro atoms. The average Bonchev–Trinajstić information content (AvgIpc) is 2.26. The lowest BCUT2D eigenvalue weighted by Gasteiger charge is -2.38. The van der Waals surface area contributed by atoms with Crippen molar-refractivity contribution in [2.45, 2.75) is 25.5 Å². The van der Waals surface area contributed by atoms with Crippen LogP contribution in [0.15, 0.2) is 24.3 Å². The Kier molecular flexibility index (Phi) is 2.51. The molecule has 0 amide bonds. The fourth-order valence-electron chi connectivity index (χ4n) is 1.88. The van der Waals surface area contributed by atoms with Crippen molar-refractivity contribution in [2.24, 2.45) is 0 Å². The van der Waals surface area contributed by atoms with E-state index in [9.17, 15) is 0 Å². The fourth-order valence-corrected chi connectivity index (χ4v) is 1.88. The molecule has 3 heteroatoms. The highest BCUT2D eigenvalue weighted by molar-refractivity contribution is 5.60. The normalized spacial score (nSPS) is 23.9. The number of anilines is 1. The van der Waals surface area contributed by atoms with Gasteiger partial charge in [-0.2, -0.15) is 5.26 Å². The summed E-state index contributed by atoms with van der Waals surface area (Å²) in [6, 6.07) is 10.3. The minimum atomic E-state index is -0.0325. The molecule has 0 radical (unpaired) electrons. The van der Waals surface area contributed by atoms with Crippen LogP contribution in [-0.2, 0) is 0 Å². The molecule has 1 aliphatic rings. The lowest BCUT2D eigenvalue weighted by atomic mass is 10.1. The monoisotopic (exact) mass is 202 g/mol. The summed E-state index contributed by atoms with van der Waals surface area (Å²) in [6.45, 7) is 2.08. The maximum Gasteiger partial charge on any atom is 0.143 e. The number of nitriles is 1. The predicted molar refractivity (Wildman–Crippen MR) is 59.0 cm³/mol. The Morgan fingerprint density at radius 3 is 2.93 bits per heavy atom. The van der Waals surface area contributed by atoms with E-state index in [2.05, 4.69) is 17.9 Å². The van der Waals surface area contributed by atoms with Gasteiger partial charge in [0.2, 0.25) is 0 Å². The minimum Gasteiger partial charge on any atom is -0.485 e. The Bertz CT molecular complexity index is 397. The second kappa shape index (κ2) is 3.82. The van der Waals surface area contributed by atoms with Crippen LogP contribution in [-0.4, -0.2) is 19.2 Å². The quantitative estimate of drug-likeness (QED) is 0.700. The summed E-state index contributed by atoms with van der Waals surface area (Å²) in [5.74, 6) is 0.873. The number of rotatable bonds is 1. The molecular formula is C12H14N2O. The number of nitrogens with zero attached hydrogens (tertiary/aromatic N) is 2. The van der Waals surface area contributed by atoms with Crippen molar-refractivity contribution >= 4 is 5.69 Å². The van der Waals surface area contributed by atoms with Crippen LogP contribution in [0.2, 0.25) is 0 Å². The van der Waals surface area contributed by atoms with Gasteiger partial charge in [0.25, 0.3) is 0 Å². The van der Waals surface area contributed by atoms with Crippen molar-refractivity contribution in [3.8, 4) is 11.8 Å². The maximum atomic E-state index is 8.72. The molecule has 1 aliphatic heterocycles. The van der Waals surface area contributed by atoms with Crippen LogP contribution in [0.5, 0.6) is 5.75 Å². The molecule has 78 valence electrons. The molecule has 1 heterocycles. The van der Waals surface area contributed by atoms with E-state index in [0.717, 1.165) is 11.4 Å². The zero-order chi connectivity index (χ0) is 10.8. The lowest BCUT2D eigenvalue weighted by molar-refractivity contribution is 0.165. The Balaban J connectivity index is 2.33. The Hall–Kier alpha value is -1.69. The molecule has 0 fully saturated rings. The van der Waals surface area contributed by atoms with Crippen LogP contribution in [0.25, 0.3) is 0 Å². The Morgan fingerprint density at radius 2 is 2.20 bits per heavy atom. The summed E-state index contributed by atoms with van der Waals surface area (Å²) in [5, 5.41) is 8.72. The van der Waals surface area contributed by atoms with Gasteiger partial charge in [-0.1, -0.05) is 12.1 Å². The molecule has 0 aliphatic carbocycles. The molecule has 1 aromatic rings. The minimum absolute atomic E-state index is 0.0325. The third kappa shape index (κ3) is 1.63. The van der Waals surface area contributed by atoms with Crippen LogP contribution >= 0.6 is 0 Å². The number of fused-ring (bicyclic) bond motifs is 1. The lowest BCUT2D eigenvalue weighted by Crippen LogP contribution is -2.45. The van der Waals surface area contributed by atoms with Crippen molar-refractivity contribution in [3.05, 3.63) is 24.3 Å². The smallest absolute Gasteiger partial charge is 0.143 e. The van der Waals surface area contributed by atoms with E-state index in [0.29, 0.717) is 6.42 Å².